The maximum atomic E-state index is 13.4. The van der Waals surface area contributed by atoms with Gasteiger partial charge >= 0.3 is 59.9 Å². The molecule has 33 heavy (non-hydrogen) atoms. The van der Waals surface area contributed by atoms with E-state index in [-0.39, 0.29) is 18.9 Å². The number of unbranched alkanes of at least 4 members (excludes halogenated alkanes) is 1. The fourth-order valence-electron chi connectivity index (χ4n) is 1.97. The molecule has 0 aliphatic rings. The summed E-state index contributed by atoms with van der Waals surface area (Å²) in [5.41, 5.74) is 0. The third-order valence-corrected chi connectivity index (χ3v) is 4.73. The van der Waals surface area contributed by atoms with Crippen molar-refractivity contribution >= 4 is 10.1 Å². The number of rotatable bonds is 11. The topological polar surface area (TPSA) is 57.2 Å². The second kappa shape index (κ2) is 9.80. The molecule has 1 atom stereocenters. The second-order valence-corrected chi connectivity index (χ2v) is 7.64. The van der Waals surface area contributed by atoms with Crippen molar-refractivity contribution in [2.24, 2.45) is 0 Å². The van der Waals surface area contributed by atoms with Gasteiger partial charge in [-0.25, -0.2) is 12.8 Å². The van der Waals surface area contributed by atoms with Gasteiger partial charge in [-0.1, -0.05) is 0 Å². The van der Waals surface area contributed by atoms with E-state index in [1.165, 1.54) is 0 Å². The molecule has 0 aliphatic heterocycles. The monoisotopic (exact) mass is 544 g/mol. The zero-order chi connectivity index (χ0) is 26.4. The molecule has 0 saturated heterocycles. The average Bonchev–Trinajstić information content (AvgIpc) is 2.55. The van der Waals surface area contributed by atoms with Crippen LogP contribution in [-0.4, -0.2) is 60.2 Å². The molecule has 0 N–H and O–H groups in total. The smallest absolute Gasteiger partial charge is 0.743 e. The van der Waals surface area contributed by atoms with Crippen LogP contribution in [-0.2, 0) is 10.1 Å². The first-order valence-corrected chi connectivity index (χ1v) is 8.97. The predicted octanol–water partition coefficient (Wildman–Crippen LogP) is 2.77. The van der Waals surface area contributed by atoms with Crippen molar-refractivity contribution in [3.63, 3.8) is 0 Å². The van der Waals surface area contributed by atoms with Gasteiger partial charge in [0.05, 0.1) is 0 Å². The molecule has 0 heterocycles. The first-order chi connectivity index (χ1) is 13.6. The van der Waals surface area contributed by atoms with Crippen LogP contribution in [0.15, 0.2) is 0 Å². The predicted molar refractivity (Wildman–Crippen MR) is 68.8 cm³/mol. The Morgan fingerprint density at radius 1 is 0.636 bits per heavy atom. The summed E-state index contributed by atoms with van der Waals surface area (Å²) in [4.78, 5) is 0. The molecule has 0 rings (SSSR count). The minimum Gasteiger partial charge on any atom is -0.743 e. The third kappa shape index (κ3) is 5.97. The Morgan fingerprint density at radius 2 is 1.00 bits per heavy atom. The zero-order valence-corrected chi connectivity index (χ0v) is 16.4. The van der Waals surface area contributed by atoms with Crippen molar-refractivity contribution in [2.45, 2.75) is 72.9 Å². The summed E-state index contributed by atoms with van der Waals surface area (Å²) in [5.74, 6) is -40.0. The molecule has 0 fully saturated rings. The molecular formula is C12H9F16LiO3S. The minimum atomic E-state index is -8.40. The summed E-state index contributed by atoms with van der Waals surface area (Å²) in [6.45, 7) is 0. The van der Waals surface area contributed by atoms with E-state index in [4.69, 9.17) is 0 Å². The van der Waals surface area contributed by atoms with E-state index in [2.05, 4.69) is 0 Å². The Labute approximate surface area is 185 Å². The van der Waals surface area contributed by atoms with Gasteiger partial charge in [-0.3, -0.25) is 0 Å². The van der Waals surface area contributed by atoms with Crippen molar-refractivity contribution in [1.82, 2.24) is 0 Å². The molecule has 0 saturated carbocycles. The molecule has 3 nitrogen and oxygen atoms in total. The van der Waals surface area contributed by atoms with Gasteiger partial charge in [0.15, 0.2) is 16.3 Å². The van der Waals surface area contributed by atoms with Crippen molar-refractivity contribution in [3.8, 4) is 0 Å². The molecular weight excluding hydrogens is 535 g/mol. The molecule has 0 aromatic rings. The molecule has 194 valence electrons. The van der Waals surface area contributed by atoms with Crippen LogP contribution in [0.2, 0.25) is 0 Å². The molecule has 1 unspecified atom stereocenters. The first kappa shape index (κ1) is 34.6. The summed E-state index contributed by atoms with van der Waals surface area (Å²) in [7, 11) is -7.97. The summed E-state index contributed by atoms with van der Waals surface area (Å²) >= 11 is 0. The quantitative estimate of drug-likeness (QED) is 0.174. The van der Waals surface area contributed by atoms with Gasteiger partial charge in [-0.2, -0.15) is 65.9 Å². The Hall–Kier alpha value is -0.613. The summed E-state index contributed by atoms with van der Waals surface area (Å²) < 4.78 is 238. The van der Waals surface area contributed by atoms with Crippen LogP contribution >= 0.6 is 0 Å². The largest absolute Gasteiger partial charge is 1.00 e. The average molecular weight is 544 g/mol. The molecule has 0 radical (unpaired) electrons. The van der Waals surface area contributed by atoms with Gasteiger partial charge in [-0.05, 0) is 19.3 Å². The first-order valence-electron chi connectivity index (χ1n) is 7.56. The molecule has 0 aromatic carbocycles. The third-order valence-electron chi connectivity index (χ3n) is 3.84. The normalized spacial score (nSPS) is 16.4. The van der Waals surface area contributed by atoms with E-state index in [1.54, 1.807) is 0 Å². The molecule has 21 heteroatoms. The Kier molecular flexibility index (Phi) is 10.3. The number of halogens is 16. The van der Waals surface area contributed by atoms with E-state index in [0.29, 0.717) is 0 Å². The van der Waals surface area contributed by atoms with Crippen molar-refractivity contribution < 1.29 is 102 Å². The fraction of sp³-hybridized carbons (Fsp3) is 1.00. The van der Waals surface area contributed by atoms with Crippen LogP contribution in [0.5, 0.6) is 0 Å². The van der Waals surface area contributed by atoms with E-state index >= 15 is 0 Å². The second-order valence-electron chi connectivity index (χ2n) is 6.22. The molecule has 0 spiro atoms. The van der Waals surface area contributed by atoms with Gasteiger partial charge in [-0.15, -0.1) is 0 Å². The van der Waals surface area contributed by atoms with E-state index in [1.807, 2.05) is 0 Å². The SMILES string of the molecule is O=S(=O)([O-])C(F)(F)C(F)(F)C(F)(F)C(F)(F)C(F)(F)C(F)(F)C(F)CCCCC(F)(F)F.[Li+]. The van der Waals surface area contributed by atoms with Crippen molar-refractivity contribution in [2.75, 3.05) is 0 Å². The van der Waals surface area contributed by atoms with Crippen LogP contribution in [0.4, 0.5) is 70.2 Å². The number of hydrogen-bond donors (Lipinski definition) is 0. The van der Waals surface area contributed by atoms with Crippen LogP contribution in [0, 0.1) is 0 Å². The Morgan fingerprint density at radius 3 is 1.33 bits per heavy atom. The van der Waals surface area contributed by atoms with E-state index in [9.17, 15) is 83.2 Å². The maximum Gasteiger partial charge on any atom is 1.00 e. The fourth-order valence-corrected chi connectivity index (χ4v) is 2.41. The van der Waals surface area contributed by atoms with Crippen LogP contribution in [0.1, 0.15) is 25.7 Å². The van der Waals surface area contributed by atoms with E-state index in [0.717, 1.165) is 0 Å². The van der Waals surface area contributed by atoms with Crippen LogP contribution < -0.4 is 18.9 Å². The van der Waals surface area contributed by atoms with Gasteiger partial charge < -0.3 is 4.55 Å². The zero-order valence-electron chi connectivity index (χ0n) is 15.6. The van der Waals surface area contributed by atoms with Crippen LogP contribution in [0.25, 0.3) is 0 Å². The van der Waals surface area contributed by atoms with Gasteiger partial charge in [0.1, 0.15) is 0 Å². The van der Waals surface area contributed by atoms with Gasteiger partial charge in [0, 0.05) is 6.42 Å². The minimum absolute atomic E-state index is 0. The van der Waals surface area contributed by atoms with E-state index < -0.39 is 83.0 Å². The molecule has 0 aliphatic carbocycles. The Balaban J connectivity index is 0. The molecule has 0 bridgehead atoms. The van der Waals surface area contributed by atoms with Gasteiger partial charge in [0.25, 0.3) is 0 Å². The van der Waals surface area contributed by atoms with Crippen LogP contribution in [0.3, 0.4) is 0 Å². The molecule has 0 aromatic heterocycles. The van der Waals surface area contributed by atoms with Gasteiger partial charge in [0.2, 0.25) is 0 Å². The summed E-state index contributed by atoms with van der Waals surface area (Å²) in [6, 6.07) is 0. The molecule has 0 amide bonds. The van der Waals surface area contributed by atoms with Crippen molar-refractivity contribution in [3.05, 3.63) is 0 Å². The summed E-state index contributed by atoms with van der Waals surface area (Å²) in [6.07, 6.45) is -16.2. The maximum absolute atomic E-state index is 13.4. The number of hydrogen-bond acceptors (Lipinski definition) is 3. The standard InChI is InChI=1S/C12H10F16O3S.Li/c13-5(3-1-2-4-6(14,15)16)7(17,18)8(19,20)9(21,22)10(23,24)11(25,26)12(27,28)32(29,30)31;/h5H,1-4H2,(H,29,30,31);/q;+1/p-1. The Bertz CT molecular complexity index is 763. The van der Waals surface area contributed by atoms with Crippen molar-refractivity contribution in [1.29, 1.82) is 0 Å². The number of alkyl halides is 16. The summed E-state index contributed by atoms with van der Waals surface area (Å²) in [5, 5.41) is -7.73.